The number of amides is 1. The fourth-order valence-electron chi connectivity index (χ4n) is 2.83. The van der Waals surface area contributed by atoms with Gasteiger partial charge in [0.1, 0.15) is 5.82 Å². The molecule has 0 radical (unpaired) electrons. The number of para-hydroxylation sites is 3. The number of imidazole rings is 1. The van der Waals surface area contributed by atoms with Gasteiger partial charge in [-0.3, -0.25) is 9.36 Å². The lowest BCUT2D eigenvalue weighted by molar-refractivity contribution is -0.122. The topological polar surface area (TPSA) is 72.9 Å². The van der Waals surface area contributed by atoms with Crippen molar-refractivity contribution in [3.63, 3.8) is 0 Å². The molecule has 0 saturated heterocycles. The third-order valence-electron chi connectivity index (χ3n) is 4.21. The van der Waals surface area contributed by atoms with E-state index in [0.717, 1.165) is 22.5 Å². The minimum Gasteiger partial charge on any atom is -0.350 e. The molecule has 0 atom stereocenters. The maximum atomic E-state index is 12.3. The average molecular weight is 336 g/mol. The summed E-state index contributed by atoms with van der Waals surface area (Å²) in [5, 5.41) is 2.97. The zero-order valence-electron chi connectivity index (χ0n) is 14.7. The zero-order valence-corrected chi connectivity index (χ0v) is 14.7. The Labute approximate surface area is 147 Å². The number of rotatable bonds is 6. The summed E-state index contributed by atoms with van der Waals surface area (Å²) in [6, 6.07) is 18.1. The Kier molecular flexibility index (Phi) is 4.86. The first-order valence-corrected chi connectivity index (χ1v) is 8.53. The van der Waals surface area contributed by atoms with Crippen LogP contribution in [-0.4, -0.2) is 27.5 Å². The molecule has 0 spiro atoms. The van der Waals surface area contributed by atoms with Crippen LogP contribution >= 0.6 is 0 Å². The molecule has 0 bridgehead atoms. The number of nitrogens with one attached hydrogen (secondary N) is 1. The predicted octanol–water partition coefficient (Wildman–Crippen LogP) is 2.81. The van der Waals surface area contributed by atoms with Crippen molar-refractivity contribution in [1.29, 1.82) is 0 Å². The first-order chi connectivity index (χ1) is 12.0. The summed E-state index contributed by atoms with van der Waals surface area (Å²) >= 11 is 0. The molecule has 0 aliphatic rings. The van der Waals surface area contributed by atoms with Gasteiger partial charge in [0.25, 0.3) is 0 Å². The van der Waals surface area contributed by atoms with E-state index in [1.807, 2.05) is 50.2 Å². The van der Waals surface area contributed by atoms with Crippen molar-refractivity contribution in [2.75, 3.05) is 6.54 Å². The Hall–Kier alpha value is -2.66. The van der Waals surface area contributed by atoms with Gasteiger partial charge in [0.2, 0.25) is 5.91 Å². The molecule has 1 heterocycles. The van der Waals surface area contributed by atoms with Gasteiger partial charge in [0.05, 0.1) is 11.0 Å². The van der Waals surface area contributed by atoms with Crippen molar-refractivity contribution >= 4 is 16.9 Å². The number of fused-ring (bicyclic) bond motifs is 1. The van der Waals surface area contributed by atoms with Crippen LogP contribution in [0.15, 0.2) is 54.6 Å². The third-order valence-corrected chi connectivity index (χ3v) is 4.21. The number of aryl methyl sites for hydroxylation is 1. The molecular formula is C20H24N4O. The Balaban J connectivity index is 1.88. The standard InChI is InChI=1S/C20H24N4O/c1-20(2,14-21)23-19(25)13-12-18-22-16-10-6-7-11-17(16)24(18)15-8-4-3-5-9-15/h3-11H,12-14,21H2,1-2H3,(H,23,25). The van der Waals surface area contributed by atoms with Crippen LogP contribution in [0, 0.1) is 0 Å². The molecule has 25 heavy (non-hydrogen) atoms. The molecule has 1 aromatic heterocycles. The molecule has 130 valence electrons. The second-order valence-electron chi connectivity index (χ2n) is 6.82. The number of nitrogens with two attached hydrogens (primary N) is 1. The lowest BCUT2D eigenvalue weighted by Gasteiger charge is -2.24. The van der Waals surface area contributed by atoms with Crippen LogP contribution < -0.4 is 11.1 Å². The molecule has 0 fully saturated rings. The van der Waals surface area contributed by atoms with Crippen LogP contribution in [0.3, 0.4) is 0 Å². The number of carbonyl (C=O) groups is 1. The predicted molar refractivity (Wildman–Crippen MR) is 101 cm³/mol. The highest BCUT2D eigenvalue weighted by atomic mass is 16.1. The Morgan fingerprint density at radius 1 is 1.12 bits per heavy atom. The lowest BCUT2D eigenvalue weighted by atomic mass is 10.1. The number of hydrogen-bond acceptors (Lipinski definition) is 3. The molecule has 0 aliphatic heterocycles. The van der Waals surface area contributed by atoms with E-state index in [2.05, 4.69) is 28.1 Å². The van der Waals surface area contributed by atoms with E-state index in [1.54, 1.807) is 0 Å². The summed E-state index contributed by atoms with van der Waals surface area (Å²) in [5.41, 5.74) is 8.32. The molecule has 5 nitrogen and oxygen atoms in total. The largest absolute Gasteiger partial charge is 0.350 e. The van der Waals surface area contributed by atoms with Crippen molar-refractivity contribution in [3.8, 4) is 5.69 Å². The Morgan fingerprint density at radius 2 is 1.80 bits per heavy atom. The van der Waals surface area contributed by atoms with Gasteiger partial charge in [0.15, 0.2) is 0 Å². The number of aromatic nitrogens is 2. The highest BCUT2D eigenvalue weighted by Gasteiger charge is 2.19. The maximum absolute atomic E-state index is 12.3. The summed E-state index contributed by atoms with van der Waals surface area (Å²) in [6.07, 6.45) is 0.940. The summed E-state index contributed by atoms with van der Waals surface area (Å²) in [6.45, 7) is 4.25. The third kappa shape index (κ3) is 3.88. The Morgan fingerprint density at radius 3 is 2.52 bits per heavy atom. The molecular weight excluding hydrogens is 312 g/mol. The van der Waals surface area contributed by atoms with Crippen LogP contribution in [0.2, 0.25) is 0 Å². The molecule has 0 unspecified atom stereocenters. The van der Waals surface area contributed by atoms with Gasteiger partial charge in [-0.25, -0.2) is 4.98 Å². The van der Waals surface area contributed by atoms with Gasteiger partial charge in [0, 0.05) is 30.6 Å². The molecule has 3 N–H and O–H groups in total. The first kappa shape index (κ1) is 17.2. The summed E-state index contributed by atoms with van der Waals surface area (Å²) in [5.74, 6) is 0.871. The quantitative estimate of drug-likeness (QED) is 0.727. The molecule has 2 aromatic carbocycles. The minimum absolute atomic E-state index is 0.0119. The van der Waals surface area contributed by atoms with E-state index in [0.29, 0.717) is 19.4 Å². The monoisotopic (exact) mass is 336 g/mol. The van der Waals surface area contributed by atoms with Crippen molar-refractivity contribution in [2.45, 2.75) is 32.2 Å². The van der Waals surface area contributed by atoms with E-state index in [4.69, 9.17) is 10.7 Å². The van der Waals surface area contributed by atoms with Crippen molar-refractivity contribution in [3.05, 3.63) is 60.4 Å². The maximum Gasteiger partial charge on any atom is 0.220 e. The highest BCUT2D eigenvalue weighted by Crippen LogP contribution is 2.22. The number of carbonyl (C=O) groups excluding carboxylic acids is 1. The number of hydrogen-bond donors (Lipinski definition) is 2. The molecule has 3 rings (SSSR count). The fraction of sp³-hybridized carbons (Fsp3) is 0.300. The zero-order chi connectivity index (χ0) is 17.9. The van der Waals surface area contributed by atoms with Crippen LogP contribution in [-0.2, 0) is 11.2 Å². The molecule has 0 saturated carbocycles. The van der Waals surface area contributed by atoms with E-state index < -0.39 is 5.54 Å². The van der Waals surface area contributed by atoms with Gasteiger partial charge >= 0.3 is 0 Å². The van der Waals surface area contributed by atoms with Crippen molar-refractivity contribution in [1.82, 2.24) is 14.9 Å². The molecule has 0 aliphatic carbocycles. The fourth-order valence-corrected chi connectivity index (χ4v) is 2.83. The van der Waals surface area contributed by atoms with Crippen LogP contribution in [0.1, 0.15) is 26.1 Å². The van der Waals surface area contributed by atoms with Gasteiger partial charge < -0.3 is 11.1 Å². The molecule has 1 amide bonds. The molecule has 3 aromatic rings. The van der Waals surface area contributed by atoms with Crippen molar-refractivity contribution in [2.24, 2.45) is 5.73 Å². The second kappa shape index (κ2) is 7.07. The normalized spacial score (nSPS) is 11.6. The Bertz CT molecular complexity index is 868. The highest BCUT2D eigenvalue weighted by molar-refractivity contribution is 5.79. The van der Waals surface area contributed by atoms with Crippen LogP contribution in [0.4, 0.5) is 0 Å². The van der Waals surface area contributed by atoms with Gasteiger partial charge in [-0.1, -0.05) is 30.3 Å². The smallest absolute Gasteiger partial charge is 0.220 e. The van der Waals surface area contributed by atoms with E-state index in [9.17, 15) is 4.79 Å². The van der Waals surface area contributed by atoms with Gasteiger partial charge in [-0.2, -0.15) is 0 Å². The first-order valence-electron chi connectivity index (χ1n) is 8.53. The summed E-state index contributed by atoms with van der Waals surface area (Å²) in [4.78, 5) is 17.0. The second-order valence-corrected chi connectivity index (χ2v) is 6.82. The number of benzene rings is 2. The van der Waals surface area contributed by atoms with Crippen LogP contribution in [0.5, 0.6) is 0 Å². The lowest BCUT2D eigenvalue weighted by Crippen LogP contribution is -2.48. The number of nitrogens with zero attached hydrogens (tertiary/aromatic N) is 2. The SMILES string of the molecule is CC(C)(CN)NC(=O)CCc1nc2ccccc2n1-c1ccccc1. The average Bonchev–Trinajstić information content (AvgIpc) is 2.99. The van der Waals surface area contributed by atoms with E-state index >= 15 is 0 Å². The van der Waals surface area contributed by atoms with E-state index in [1.165, 1.54) is 0 Å². The van der Waals surface area contributed by atoms with E-state index in [-0.39, 0.29) is 5.91 Å². The van der Waals surface area contributed by atoms with Crippen molar-refractivity contribution < 1.29 is 4.79 Å². The molecule has 5 heteroatoms. The minimum atomic E-state index is -0.392. The van der Waals surface area contributed by atoms with Gasteiger partial charge in [-0.05, 0) is 38.1 Å². The summed E-state index contributed by atoms with van der Waals surface area (Å²) < 4.78 is 2.12. The summed E-state index contributed by atoms with van der Waals surface area (Å²) in [7, 11) is 0. The van der Waals surface area contributed by atoms with Crippen LogP contribution in [0.25, 0.3) is 16.7 Å². The van der Waals surface area contributed by atoms with Gasteiger partial charge in [-0.15, -0.1) is 0 Å².